The number of carboxylic acid groups (broad SMARTS) is 1. The molecule has 0 aliphatic carbocycles. The molecular weight excluding hydrogens is 258 g/mol. The van der Waals surface area contributed by atoms with E-state index < -0.39 is 11.9 Å². The van der Waals surface area contributed by atoms with Crippen molar-refractivity contribution >= 4 is 12.0 Å². The third-order valence-electron chi connectivity index (χ3n) is 3.88. The van der Waals surface area contributed by atoms with Gasteiger partial charge in [0.05, 0.1) is 12.0 Å². The standard InChI is InChI=1S/C14H19N3O3/c1-9(11-3-6-15-7-4-11)16-14(20)17-8-5-12(10(17)2)13(18)19/h3-4,6-7,9-10,12H,5,8H2,1-2H3,(H,16,20)(H,18,19). The van der Waals surface area contributed by atoms with Gasteiger partial charge in [0, 0.05) is 25.0 Å². The van der Waals surface area contributed by atoms with Gasteiger partial charge in [0.2, 0.25) is 0 Å². The van der Waals surface area contributed by atoms with Crippen molar-refractivity contribution in [1.82, 2.24) is 15.2 Å². The highest BCUT2D eigenvalue weighted by molar-refractivity contribution is 5.78. The molecule has 6 nitrogen and oxygen atoms in total. The summed E-state index contributed by atoms with van der Waals surface area (Å²) in [5.74, 6) is -1.31. The van der Waals surface area contributed by atoms with Crippen LogP contribution in [0, 0.1) is 5.92 Å². The Balaban J connectivity index is 1.97. The number of carboxylic acids is 1. The quantitative estimate of drug-likeness (QED) is 0.880. The van der Waals surface area contributed by atoms with Crippen LogP contribution in [0.5, 0.6) is 0 Å². The molecule has 2 N–H and O–H groups in total. The second-order valence-electron chi connectivity index (χ2n) is 5.12. The van der Waals surface area contributed by atoms with Gasteiger partial charge in [-0.1, -0.05) is 0 Å². The number of rotatable bonds is 3. The first-order chi connectivity index (χ1) is 9.50. The number of nitrogens with zero attached hydrogens (tertiary/aromatic N) is 2. The molecular formula is C14H19N3O3. The Labute approximate surface area is 117 Å². The normalized spacial score (nSPS) is 23.4. The van der Waals surface area contributed by atoms with E-state index in [1.807, 2.05) is 19.1 Å². The van der Waals surface area contributed by atoms with Crippen molar-refractivity contribution in [2.45, 2.75) is 32.4 Å². The fraction of sp³-hybridized carbons (Fsp3) is 0.500. The highest BCUT2D eigenvalue weighted by Crippen LogP contribution is 2.24. The minimum absolute atomic E-state index is 0.137. The predicted molar refractivity (Wildman–Crippen MR) is 73.1 cm³/mol. The number of aromatic nitrogens is 1. The van der Waals surface area contributed by atoms with Crippen LogP contribution in [-0.4, -0.2) is 39.6 Å². The molecule has 1 aliphatic rings. The van der Waals surface area contributed by atoms with Gasteiger partial charge in [-0.2, -0.15) is 0 Å². The van der Waals surface area contributed by atoms with Crippen molar-refractivity contribution in [3.63, 3.8) is 0 Å². The second kappa shape index (κ2) is 5.90. The maximum atomic E-state index is 12.2. The van der Waals surface area contributed by atoms with Gasteiger partial charge in [0.15, 0.2) is 0 Å². The number of carbonyl (C=O) groups excluding carboxylic acids is 1. The number of pyridine rings is 1. The molecule has 0 aromatic carbocycles. The van der Waals surface area contributed by atoms with E-state index in [-0.39, 0.29) is 18.1 Å². The van der Waals surface area contributed by atoms with Crippen molar-refractivity contribution < 1.29 is 14.7 Å². The Morgan fingerprint density at radius 3 is 2.65 bits per heavy atom. The van der Waals surface area contributed by atoms with Crippen LogP contribution in [0.25, 0.3) is 0 Å². The lowest BCUT2D eigenvalue weighted by Crippen LogP contribution is -2.44. The molecule has 1 aromatic rings. The largest absolute Gasteiger partial charge is 0.481 e. The summed E-state index contributed by atoms with van der Waals surface area (Å²) in [5.41, 5.74) is 0.968. The average Bonchev–Trinajstić information content (AvgIpc) is 2.81. The lowest BCUT2D eigenvalue weighted by molar-refractivity contribution is -0.142. The smallest absolute Gasteiger partial charge is 0.318 e. The molecule has 3 unspecified atom stereocenters. The molecule has 1 aromatic heterocycles. The van der Waals surface area contributed by atoms with Gasteiger partial charge < -0.3 is 15.3 Å². The number of aliphatic carboxylic acids is 1. The first kappa shape index (κ1) is 14.3. The van der Waals surface area contributed by atoms with E-state index in [1.165, 1.54) is 0 Å². The first-order valence-electron chi connectivity index (χ1n) is 6.70. The van der Waals surface area contributed by atoms with Crippen LogP contribution in [0.15, 0.2) is 24.5 Å². The van der Waals surface area contributed by atoms with Crippen molar-refractivity contribution in [3.8, 4) is 0 Å². The molecule has 3 atom stereocenters. The molecule has 0 bridgehead atoms. The van der Waals surface area contributed by atoms with Crippen molar-refractivity contribution in [2.75, 3.05) is 6.54 Å². The summed E-state index contributed by atoms with van der Waals surface area (Å²) in [4.78, 5) is 28.8. The Morgan fingerprint density at radius 1 is 1.45 bits per heavy atom. The first-order valence-corrected chi connectivity index (χ1v) is 6.70. The Kier molecular flexibility index (Phi) is 4.22. The Morgan fingerprint density at radius 2 is 2.10 bits per heavy atom. The number of likely N-dealkylation sites (tertiary alicyclic amines) is 1. The zero-order valence-electron chi connectivity index (χ0n) is 11.6. The summed E-state index contributed by atoms with van der Waals surface area (Å²) in [6, 6.07) is 3.06. The van der Waals surface area contributed by atoms with Crippen molar-refractivity contribution in [2.24, 2.45) is 5.92 Å². The maximum absolute atomic E-state index is 12.2. The van der Waals surface area contributed by atoms with Crippen LogP contribution in [0.1, 0.15) is 31.9 Å². The molecule has 2 rings (SSSR count). The molecule has 108 valence electrons. The Bertz CT molecular complexity index is 492. The molecule has 1 aliphatic heterocycles. The van der Waals surface area contributed by atoms with Gasteiger partial charge in [-0.05, 0) is 38.0 Å². The molecule has 1 saturated heterocycles. The summed E-state index contributed by atoms with van der Waals surface area (Å²) in [6.07, 6.45) is 3.86. The van der Waals surface area contributed by atoms with Gasteiger partial charge in [0.25, 0.3) is 0 Å². The van der Waals surface area contributed by atoms with Crippen LogP contribution in [-0.2, 0) is 4.79 Å². The van der Waals surface area contributed by atoms with E-state index in [4.69, 9.17) is 5.11 Å². The topological polar surface area (TPSA) is 82.5 Å². The van der Waals surface area contributed by atoms with Crippen LogP contribution in [0.2, 0.25) is 0 Å². The molecule has 0 saturated carbocycles. The number of carbonyl (C=O) groups is 2. The van der Waals surface area contributed by atoms with Gasteiger partial charge in [-0.15, -0.1) is 0 Å². The lowest BCUT2D eigenvalue weighted by atomic mass is 10.0. The fourth-order valence-electron chi connectivity index (χ4n) is 2.56. The maximum Gasteiger partial charge on any atom is 0.318 e. The molecule has 1 fully saturated rings. The lowest BCUT2D eigenvalue weighted by Gasteiger charge is -2.25. The number of nitrogens with one attached hydrogen (secondary N) is 1. The minimum Gasteiger partial charge on any atom is -0.481 e. The summed E-state index contributed by atoms with van der Waals surface area (Å²) in [7, 11) is 0. The zero-order valence-corrected chi connectivity index (χ0v) is 11.6. The van der Waals surface area contributed by atoms with Gasteiger partial charge in [-0.25, -0.2) is 4.79 Å². The third kappa shape index (κ3) is 2.89. The highest BCUT2D eigenvalue weighted by Gasteiger charge is 2.38. The van der Waals surface area contributed by atoms with E-state index in [2.05, 4.69) is 10.3 Å². The number of amides is 2. The average molecular weight is 277 g/mol. The molecule has 0 radical (unpaired) electrons. The van der Waals surface area contributed by atoms with Crippen molar-refractivity contribution in [1.29, 1.82) is 0 Å². The van der Waals surface area contributed by atoms with E-state index in [9.17, 15) is 9.59 Å². The summed E-state index contributed by atoms with van der Waals surface area (Å²) in [5, 5.41) is 12.0. The van der Waals surface area contributed by atoms with E-state index >= 15 is 0 Å². The van der Waals surface area contributed by atoms with E-state index in [0.29, 0.717) is 13.0 Å². The van der Waals surface area contributed by atoms with Crippen LogP contribution < -0.4 is 5.32 Å². The van der Waals surface area contributed by atoms with Crippen LogP contribution in [0.3, 0.4) is 0 Å². The Hall–Kier alpha value is -2.11. The highest BCUT2D eigenvalue weighted by atomic mass is 16.4. The van der Waals surface area contributed by atoms with Crippen molar-refractivity contribution in [3.05, 3.63) is 30.1 Å². The second-order valence-corrected chi connectivity index (χ2v) is 5.12. The fourth-order valence-corrected chi connectivity index (χ4v) is 2.56. The zero-order chi connectivity index (χ0) is 14.7. The minimum atomic E-state index is -0.838. The molecule has 6 heteroatoms. The molecule has 2 heterocycles. The van der Waals surface area contributed by atoms with Crippen LogP contribution >= 0.6 is 0 Å². The van der Waals surface area contributed by atoms with Crippen LogP contribution in [0.4, 0.5) is 4.79 Å². The van der Waals surface area contributed by atoms with Gasteiger partial charge >= 0.3 is 12.0 Å². The summed E-state index contributed by atoms with van der Waals surface area (Å²) in [6.45, 7) is 4.15. The monoisotopic (exact) mass is 277 g/mol. The number of urea groups is 1. The van der Waals surface area contributed by atoms with E-state index in [1.54, 1.807) is 24.2 Å². The summed E-state index contributed by atoms with van der Waals surface area (Å²) >= 11 is 0. The summed E-state index contributed by atoms with van der Waals surface area (Å²) < 4.78 is 0. The number of hydrogen-bond donors (Lipinski definition) is 2. The molecule has 20 heavy (non-hydrogen) atoms. The molecule has 0 spiro atoms. The SMILES string of the molecule is CC(NC(=O)N1CCC(C(=O)O)C1C)c1ccncc1. The van der Waals surface area contributed by atoms with Gasteiger partial charge in [0.1, 0.15) is 0 Å². The number of hydrogen-bond acceptors (Lipinski definition) is 3. The van der Waals surface area contributed by atoms with Gasteiger partial charge in [-0.3, -0.25) is 9.78 Å². The van der Waals surface area contributed by atoms with E-state index in [0.717, 1.165) is 5.56 Å². The predicted octanol–water partition coefficient (Wildman–Crippen LogP) is 1.65. The third-order valence-corrected chi connectivity index (χ3v) is 3.88. The molecule has 2 amide bonds.